The van der Waals surface area contributed by atoms with Crippen molar-refractivity contribution in [1.82, 2.24) is 0 Å². The monoisotopic (exact) mass is 303 g/mol. The first kappa shape index (κ1) is 16.7. The molecule has 1 atom stereocenters. The van der Waals surface area contributed by atoms with E-state index in [-0.39, 0.29) is 17.7 Å². The van der Waals surface area contributed by atoms with Crippen molar-refractivity contribution in [2.45, 2.75) is 52.0 Å². The normalized spacial score (nSPS) is 18.1. The van der Waals surface area contributed by atoms with Crippen LogP contribution in [0.4, 0.5) is 5.69 Å². The number of hydrogen-bond donors (Lipinski definition) is 2. The van der Waals surface area contributed by atoms with Gasteiger partial charge in [0.25, 0.3) is 5.91 Å². The van der Waals surface area contributed by atoms with Crippen LogP contribution in [0.15, 0.2) is 24.3 Å². The second-order valence-electron chi connectivity index (χ2n) is 6.24. The zero-order valence-corrected chi connectivity index (χ0v) is 13.7. The summed E-state index contributed by atoms with van der Waals surface area (Å²) in [5.41, 5.74) is 1.20. The van der Waals surface area contributed by atoms with Crippen molar-refractivity contribution >= 4 is 17.4 Å². The van der Waals surface area contributed by atoms with Crippen molar-refractivity contribution in [2.75, 3.05) is 18.4 Å². The van der Waals surface area contributed by atoms with Crippen LogP contribution in [0.2, 0.25) is 0 Å². The molecule has 0 unspecified atom stereocenters. The first-order chi connectivity index (χ1) is 10.6. The predicted molar refractivity (Wildman–Crippen MR) is 88.3 cm³/mol. The van der Waals surface area contributed by atoms with Crippen LogP contribution >= 0.6 is 0 Å². The molecule has 0 aromatic heterocycles. The molecule has 1 heterocycles. The van der Waals surface area contributed by atoms with Gasteiger partial charge in [-0.1, -0.05) is 18.6 Å². The third-order valence-corrected chi connectivity index (χ3v) is 4.57. The van der Waals surface area contributed by atoms with Gasteiger partial charge in [-0.3, -0.25) is 9.59 Å². The lowest BCUT2D eigenvalue weighted by molar-refractivity contribution is -0.914. The van der Waals surface area contributed by atoms with Gasteiger partial charge in [-0.05, 0) is 51.7 Å². The Morgan fingerprint density at radius 2 is 1.64 bits per heavy atom. The molecule has 1 saturated heterocycles. The van der Waals surface area contributed by atoms with Gasteiger partial charge < -0.3 is 10.2 Å². The summed E-state index contributed by atoms with van der Waals surface area (Å²) in [5, 5.41) is 2.94. The molecule has 1 aromatic rings. The Hall–Kier alpha value is -1.68. The summed E-state index contributed by atoms with van der Waals surface area (Å²) in [7, 11) is 0. The SMILES string of the molecule is CC(=O)c1ccccc1NC(=O)[C@H](C)[NH+]1CCCCCCC1. The molecule has 1 amide bonds. The summed E-state index contributed by atoms with van der Waals surface area (Å²) in [5.74, 6) is -0.0218. The maximum atomic E-state index is 12.5. The molecule has 120 valence electrons. The van der Waals surface area contributed by atoms with Crippen LogP contribution in [-0.4, -0.2) is 30.8 Å². The van der Waals surface area contributed by atoms with Gasteiger partial charge in [-0.15, -0.1) is 0 Å². The molecule has 1 aliphatic rings. The second kappa shape index (κ2) is 8.08. The molecule has 0 radical (unpaired) electrons. The summed E-state index contributed by atoms with van der Waals surface area (Å²) < 4.78 is 0. The minimum absolute atomic E-state index is 0.00396. The van der Waals surface area contributed by atoms with Gasteiger partial charge in [-0.2, -0.15) is 0 Å². The van der Waals surface area contributed by atoms with Gasteiger partial charge >= 0.3 is 0 Å². The lowest BCUT2D eigenvalue weighted by Crippen LogP contribution is -3.16. The third kappa shape index (κ3) is 4.41. The van der Waals surface area contributed by atoms with E-state index in [4.69, 9.17) is 0 Å². The van der Waals surface area contributed by atoms with Crippen LogP contribution in [0.25, 0.3) is 0 Å². The number of benzene rings is 1. The number of para-hydroxylation sites is 1. The summed E-state index contributed by atoms with van der Waals surface area (Å²) in [6.45, 7) is 5.63. The van der Waals surface area contributed by atoms with Gasteiger partial charge in [0.1, 0.15) is 0 Å². The van der Waals surface area contributed by atoms with Crippen molar-refractivity contribution in [3.63, 3.8) is 0 Å². The summed E-state index contributed by atoms with van der Waals surface area (Å²) in [4.78, 5) is 25.5. The molecule has 0 aliphatic carbocycles. The predicted octanol–water partition coefficient (Wildman–Crippen LogP) is 2.07. The van der Waals surface area contributed by atoms with Gasteiger partial charge in [0.05, 0.1) is 18.8 Å². The molecule has 0 saturated carbocycles. The highest BCUT2D eigenvalue weighted by Crippen LogP contribution is 2.15. The quantitative estimate of drug-likeness (QED) is 0.837. The lowest BCUT2D eigenvalue weighted by Gasteiger charge is -2.27. The van der Waals surface area contributed by atoms with Crippen LogP contribution in [-0.2, 0) is 4.79 Å². The van der Waals surface area contributed by atoms with E-state index >= 15 is 0 Å². The smallest absolute Gasteiger partial charge is 0.282 e. The number of Topliss-reactive ketones (excluding diaryl/α,β-unsaturated/α-hetero) is 1. The molecule has 4 nitrogen and oxygen atoms in total. The molecular formula is C18H27N2O2+. The molecule has 1 fully saturated rings. The Morgan fingerprint density at radius 3 is 2.27 bits per heavy atom. The minimum Gasteiger partial charge on any atom is -0.325 e. The molecule has 22 heavy (non-hydrogen) atoms. The maximum absolute atomic E-state index is 12.5. The third-order valence-electron chi connectivity index (χ3n) is 4.57. The number of hydrogen-bond acceptors (Lipinski definition) is 2. The van der Waals surface area contributed by atoms with E-state index < -0.39 is 0 Å². The number of carbonyl (C=O) groups excluding carboxylic acids is 2. The van der Waals surface area contributed by atoms with E-state index in [1.807, 2.05) is 19.1 Å². The fourth-order valence-electron chi connectivity index (χ4n) is 3.12. The fraction of sp³-hybridized carbons (Fsp3) is 0.556. The molecule has 1 aliphatic heterocycles. The van der Waals surface area contributed by atoms with Gasteiger partial charge in [0.2, 0.25) is 0 Å². The Morgan fingerprint density at radius 1 is 1.05 bits per heavy atom. The number of rotatable bonds is 4. The largest absolute Gasteiger partial charge is 0.325 e. The standard InChI is InChI=1S/C18H26N2O2/c1-14(20-12-8-4-3-5-9-13-20)18(22)19-17-11-7-6-10-16(17)15(2)21/h6-7,10-11,14H,3-5,8-9,12-13H2,1-2H3,(H,19,22)/p+1/t14-/m0/s1. The van der Waals surface area contributed by atoms with Crippen LogP contribution in [0.5, 0.6) is 0 Å². The van der Waals surface area contributed by atoms with E-state index in [1.165, 1.54) is 43.9 Å². The maximum Gasteiger partial charge on any atom is 0.282 e. The van der Waals surface area contributed by atoms with E-state index in [0.29, 0.717) is 11.3 Å². The van der Waals surface area contributed by atoms with Crippen molar-refractivity contribution in [3.05, 3.63) is 29.8 Å². The highest BCUT2D eigenvalue weighted by molar-refractivity contribution is 6.04. The molecule has 0 bridgehead atoms. The molecule has 4 heteroatoms. The number of anilines is 1. The number of quaternary nitrogens is 1. The topological polar surface area (TPSA) is 50.6 Å². The first-order valence-corrected chi connectivity index (χ1v) is 8.35. The number of likely N-dealkylation sites (tertiary alicyclic amines) is 1. The molecule has 2 rings (SSSR count). The molecule has 1 aromatic carbocycles. The summed E-state index contributed by atoms with van der Waals surface area (Å²) in [6.07, 6.45) is 6.24. The highest BCUT2D eigenvalue weighted by atomic mass is 16.2. The van der Waals surface area contributed by atoms with Crippen LogP contribution in [0.1, 0.15) is 56.3 Å². The first-order valence-electron chi connectivity index (χ1n) is 8.35. The Labute approximate surface area is 132 Å². The van der Waals surface area contributed by atoms with E-state index in [0.717, 1.165) is 13.1 Å². The highest BCUT2D eigenvalue weighted by Gasteiger charge is 2.26. The van der Waals surface area contributed by atoms with Crippen molar-refractivity contribution < 1.29 is 14.5 Å². The van der Waals surface area contributed by atoms with E-state index in [1.54, 1.807) is 12.1 Å². The van der Waals surface area contributed by atoms with E-state index in [2.05, 4.69) is 5.32 Å². The van der Waals surface area contributed by atoms with Gasteiger partial charge in [0, 0.05) is 5.56 Å². The lowest BCUT2D eigenvalue weighted by atomic mass is 10.1. The Kier molecular flexibility index (Phi) is 6.13. The van der Waals surface area contributed by atoms with Crippen molar-refractivity contribution in [2.24, 2.45) is 0 Å². The van der Waals surface area contributed by atoms with Crippen molar-refractivity contribution in [1.29, 1.82) is 0 Å². The zero-order chi connectivity index (χ0) is 15.9. The zero-order valence-electron chi connectivity index (χ0n) is 13.7. The van der Waals surface area contributed by atoms with Crippen molar-refractivity contribution in [3.8, 4) is 0 Å². The van der Waals surface area contributed by atoms with Gasteiger partial charge in [0.15, 0.2) is 11.8 Å². The average Bonchev–Trinajstić information content (AvgIpc) is 2.46. The van der Waals surface area contributed by atoms with E-state index in [9.17, 15) is 9.59 Å². The minimum atomic E-state index is -0.0851. The number of ketones is 1. The molecule has 0 spiro atoms. The van der Waals surface area contributed by atoms with Gasteiger partial charge in [-0.25, -0.2) is 0 Å². The number of carbonyl (C=O) groups is 2. The molecular weight excluding hydrogens is 276 g/mol. The summed E-state index contributed by atoms with van der Waals surface area (Å²) in [6, 6.07) is 7.13. The Balaban J connectivity index is 2.03. The Bertz CT molecular complexity index is 520. The second-order valence-corrected chi connectivity index (χ2v) is 6.24. The summed E-state index contributed by atoms with van der Waals surface area (Å²) >= 11 is 0. The van der Waals surface area contributed by atoms with Crippen LogP contribution in [0, 0.1) is 0 Å². The van der Waals surface area contributed by atoms with Crippen LogP contribution < -0.4 is 10.2 Å². The van der Waals surface area contributed by atoms with Crippen LogP contribution in [0.3, 0.4) is 0 Å². The number of amides is 1. The number of nitrogens with one attached hydrogen (secondary N) is 2. The molecule has 2 N–H and O–H groups in total. The average molecular weight is 303 g/mol. The fourth-order valence-corrected chi connectivity index (χ4v) is 3.12.